The predicted octanol–water partition coefficient (Wildman–Crippen LogP) is -0.126. The molecule has 0 saturated carbocycles. The molecule has 22 heavy (non-hydrogen) atoms. The molecule has 7 nitrogen and oxygen atoms in total. The van der Waals surface area contributed by atoms with Crippen LogP contribution in [-0.4, -0.2) is 64.2 Å². The molecule has 0 aromatic carbocycles. The smallest absolute Gasteiger partial charge is 0.394 e. The van der Waals surface area contributed by atoms with Gasteiger partial charge in [0.1, 0.15) is 24.1 Å². The van der Waals surface area contributed by atoms with Crippen molar-refractivity contribution in [1.82, 2.24) is 4.98 Å². The summed E-state index contributed by atoms with van der Waals surface area (Å²) in [5.41, 5.74) is 0. The maximum absolute atomic E-state index is 12.1. The molecule has 10 heteroatoms. The molecule has 4 N–H and O–H groups in total. The molecule has 0 bridgehead atoms. The normalized spacial score (nSPS) is 29.2. The van der Waals surface area contributed by atoms with E-state index in [-0.39, 0.29) is 12.4 Å². The third-order valence-corrected chi connectivity index (χ3v) is 3.09. The molecule has 0 amide bonds. The van der Waals surface area contributed by atoms with Crippen molar-refractivity contribution in [1.29, 1.82) is 0 Å². The Morgan fingerprint density at radius 2 is 2.05 bits per heavy atom. The third kappa shape index (κ3) is 4.19. The van der Waals surface area contributed by atoms with Crippen LogP contribution < -0.4 is 10.1 Å². The second kappa shape index (κ2) is 6.65. The van der Waals surface area contributed by atoms with Crippen LogP contribution in [0, 0.1) is 0 Å². The Balaban J connectivity index is 2.03. The van der Waals surface area contributed by atoms with Gasteiger partial charge in [0, 0.05) is 6.07 Å². The second-order valence-electron chi connectivity index (χ2n) is 4.70. The van der Waals surface area contributed by atoms with Crippen molar-refractivity contribution < 1.29 is 38.0 Å². The minimum Gasteiger partial charge on any atom is -0.394 e. The first-order valence-corrected chi connectivity index (χ1v) is 6.38. The number of aliphatic hydroxyl groups is 3. The highest BCUT2D eigenvalue weighted by Crippen LogP contribution is 2.23. The molecule has 0 spiro atoms. The number of aromatic nitrogens is 1. The number of hydrogen-bond donors (Lipinski definition) is 4. The molecule has 1 fully saturated rings. The lowest BCUT2D eigenvalue weighted by Gasteiger charge is -2.37. The van der Waals surface area contributed by atoms with Gasteiger partial charge in [-0.05, 0) is 6.07 Å². The molecule has 0 unspecified atom stereocenters. The zero-order valence-corrected chi connectivity index (χ0v) is 11.2. The zero-order chi connectivity index (χ0) is 16.3. The maximum Gasteiger partial charge on any atom is 0.574 e. The molecule has 0 radical (unpaired) electrons. The summed E-state index contributed by atoms with van der Waals surface area (Å²) < 4.78 is 45.2. The fourth-order valence-electron chi connectivity index (χ4n) is 2.03. The fraction of sp³-hybridized carbons (Fsp3) is 0.583. The number of anilines is 1. The van der Waals surface area contributed by atoms with Crippen LogP contribution in [0.2, 0.25) is 0 Å². The second-order valence-corrected chi connectivity index (χ2v) is 4.70. The van der Waals surface area contributed by atoms with Crippen LogP contribution in [0.4, 0.5) is 19.0 Å². The Hall–Kier alpha value is -1.62. The molecule has 2 rings (SSSR count). The average Bonchev–Trinajstić information content (AvgIpc) is 2.43. The molecule has 0 aliphatic carbocycles. The van der Waals surface area contributed by atoms with E-state index in [9.17, 15) is 23.4 Å². The third-order valence-electron chi connectivity index (χ3n) is 3.09. The monoisotopic (exact) mass is 324 g/mol. The van der Waals surface area contributed by atoms with E-state index < -0.39 is 43.2 Å². The van der Waals surface area contributed by atoms with Gasteiger partial charge in [-0.25, -0.2) is 0 Å². The number of hydrogen-bond acceptors (Lipinski definition) is 7. The number of ether oxygens (including phenoxy) is 2. The van der Waals surface area contributed by atoms with Crippen LogP contribution in [0.1, 0.15) is 0 Å². The highest BCUT2D eigenvalue weighted by Gasteiger charge is 2.38. The minimum atomic E-state index is -4.86. The average molecular weight is 324 g/mol. The molecule has 1 aliphatic rings. The molecule has 4 atom stereocenters. The van der Waals surface area contributed by atoms with Crippen molar-refractivity contribution in [3.05, 3.63) is 18.2 Å². The molecular weight excluding hydrogens is 309 g/mol. The lowest BCUT2D eigenvalue weighted by molar-refractivity contribution is -0.276. The van der Waals surface area contributed by atoms with Crippen LogP contribution >= 0.6 is 0 Å². The molecular formula is C12H15F3N2O5. The molecule has 124 valence electrons. The largest absolute Gasteiger partial charge is 0.574 e. The van der Waals surface area contributed by atoms with Gasteiger partial charge >= 0.3 is 6.36 Å². The van der Waals surface area contributed by atoms with Crippen LogP contribution in [-0.2, 0) is 4.74 Å². The highest BCUT2D eigenvalue weighted by atomic mass is 19.4. The summed E-state index contributed by atoms with van der Waals surface area (Å²) >= 11 is 0. The van der Waals surface area contributed by atoms with Crippen molar-refractivity contribution in [2.24, 2.45) is 0 Å². The quantitative estimate of drug-likeness (QED) is 0.612. The summed E-state index contributed by atoms with van der Waals surface area (Å²) in [5.74, 6) is -0.637. The van der Waals surface area contributed by atoms with Gasteiger partial charge in [0.05, 0.1) is 19.3 Å². The first-order chi connectivity index (χ1) is 10.3. The minimum absolute atomic E-state index is 0.0176. The number of halogens is 3. The van der Waals surface area contributed by atoms with Gasteiger partial charge in [-0.15, -0.1) is 13.2 Å². The van der Waals surface area contributed by atoms with E-state index >= 15 is 0 Å². The van der Waals surface area contributed by atoms with Crippen LogP contribution in [0.25, 0.3) is 0 Å². The van der Waals surface area contributed by atoms with Crippen molar-refractivity contribution in [3.63, 3.8) is 0 Å². The van der Waals surface area contributed by atoms with Crippen molar-refractivity contribution in [2.75, 3.05) is 18.5 Å². The van der Waals surface area contributed by atoms with Crippen molar-refractivity contribution >= 4 is 5.82 Å². The van der Waals surface area contributed by atoms with Gasteiger partial charge in [0.15, 0.2) is 0 Å². The van der Waals surface area contributed by atoms with Gasteiger partial charge in [-0.3, -0.25) is 0 Å². The number of pyridine rings is 1. The molecule has 1 aromatic rings. The van der Waals surface area contributed by atoms with Gasteiger partial charge in [0.2, 0.25) is 5.88 Å². The Morgan fingerprint density at radius 1 is 1.32 bits per heavy atom. The van der Waals surface area contributed by atoms with Gasteiger partial charge in [-0.2, -0.15) is 4.98 Å². The summed E-state index contributed by atoms with van der Waals surface area (Å²) in [6.07, 6.45) is -8.38. The van der Waals surface area contributed by atoms with E-state index in [1.165, 1.54) is 12.1 Å². The van der Waals surface area contributed by atoms with E-state index in [0.717, 1.165) is 6.07 Å². The van der Waals surface area contributed by atoms with Gasteiger partial charge in [0.25, 0.3) is 0 Å². The Kier molecular flexibility index (Phi) is 5.06. The predicted molar refractivity (Wildman–Crippen MR) is 67.2 cm³/mol. The molecule has 1 aromatic heterocycles. The van der Waals surface area contributed by atoms with E-state index in [1.54, 1.807) is 0 Å². The summed E-state index contributed by atoms with van der Waals surface area (Å²) in [6, 6.07) is 2.90. The zero-order valence-electron chi connectivity index (χ0n) is 11.2. The standard InChI is InChI=1S/C12H15F3N2O5/c13-12(14,15)22-9-3-1-2-8(17-9)16-6-5-21-7(4-18)11(20)10(6)19/h1-3,6-7,10-11,18-20H,4-5H2,(H,16,17)/t6-,7+,10+,11-/m0/s1. The lowest BCUT2D eigenvalue weighted by Crippen LogP contribution is -2.56. The fourth-order valence-corrected chi connectivity index (χ4v) is 2.03. The summed E-state index contributed by atoms with van der Waals surface area (Å²) in [5, 5.41) is 31.2. The van der Waals surface area contributed by atoms with E-state index in [4.69, 9.17) is 9.84 Å². The topological polar surface area (TPSA) is 104 Å². The summed E-state index contributed by atoms with van der Waals surface area (Å²) in [6.45, 7) is -0.520. The molecule has 1 saturated heterocycles. The Morgan fingerprint density at radius 3 is 2.68 bits per heavy atom. The van der Waals surface area contributed by atoms with E-state index in [1.807, 2.05) is 0 Å². The number of alkyl halides is 3. The number of aliphatic hydroxyl groups excluding tert-OH is 3. The van der Waals surface area contributed by atoms with E-state index in [2.05, 4.69) is 15.0 Å². The van der Waals surface area contributed by atoms with Crippen LogP contribution in [0.5, 0.6) is 5.88 Å². The van der Waals surface area contributed by atoms with Crippen molar-refractivity contribution in [2.45, 2.75) is 30.7 Å². The van der Waals surface area contributed by atoms with Gasteiger partial charge < -0.3 is 30.1 Å². The first kappa shape index (κ1) is 16.7. The SMILES string of the molecule is OC[C@H]1OC[C@H](Nc2cccc(OC(F)(F)F)n2)[C@@H](O)[C@H]1O. The molecule has 1 aliphatic heterocycles. The number of nitrogens with zero attached hydrogens (tertiary/aromatic N) is 1. The van der Waals surface area contributed by atoms with Crippen LogP contribution in [0.3, 0.4) is 0 Å². The number of nitrogens with one attached hydrogen (secondary N) is 1. The van der Waals surface area contributed by atoms with Crippen LogP contribution in [0.15, 0.2) is 18.2 Å². The Bertz CT molecular complexity index is 502. The lowest BCUT2D eigenvalue weighted by atomic mass is 9.98. The van der Waals surface area contributed by atoms with Crippen molar-refractivity contribution in [3.8, 4) is 5.88 Å². The summed E-state index contributed by atoms with van der Waals surface area (Å²) in [7, 11) is 0. The summed E-state index contributed by atoms with van der Waals surface area (Å²) in [4.78, 5) is 3.60. The van der Waals surface area contributed by atoms with E-state index in [0.29, 0.717) is 0 Å². The maximum atomic E-state index is 12.1. The molecule has 2 heterocycles. The Labute approximate surface area is 123 Å². The highest BCUT2D eigenvalue weighted by molar-refractivity contribution is 5.38. The number of rotatable bonds is 4. The first-order valence-electron chi connectivity index (χ1n) is 6.38. The van der Waals surface area contributed by atoms with Gasteiger partial charge in [-0.1, -0.05) is 6.07 Å².